The lowest BCUT2D eigenvalue weighted by Crippen LogP contribution is -2.01. The van der Waals surface area contributed by atoms with Crippen LogP contribution in [0.3, 0.4) is 0 Å². The van der Waals surface area contributed by atoms with Gasteiger partial charge in [0.25, 0.3) is 0 Å². The summed E-state index contributed by atoms with van der Waals surface area (Å²) in [6.45, 7) is 4.28. The van der Waals surface area contributed by atoms with Crippen molar-refractivity contribution in [2.75, 3.05) is 6.61 Å². The number of aliphatic hydroxyl groups is 1. The second kappa shape index (κ2) is 3.74. The van der Waals surface area contributed by atoms with Crippen molar-refractivity contribution in [3.05, 3.63) is 40.8 Å². The van der Waals surface area contributed by atoms with Crippen molar-refractivity contribution in [2.45, 2.75) is 32.6 Å². The molecule has 1 aliphatic rings. The van der Waals surface area contributed by atoms with Gasteiger partial charge in [-0.15, -0.1) is 0 Å². The molecule has 0 heterocycles. The molecule has 75 valence electrons. The molecule has 1 saturated carbocycles. The van der Waals surface area contributed by atoms with Crippen LogP contribution in [0.5, 0.6) is 0 Å². The van der Waals surface area contributed by atoms with Crippen LogP contribution in [0, 0.1) is 12.8 Å². The van der Waals surface area contributed by atoms with Crippen molar-refractivity contribution >= 4 is 0 Å². The van der Waals surface area contributed by atoms with Gasteiger partial charge in [0, 0.05) is 5.92 Å². The van der Waals surface area contributed by atoms with Gasteiger partial charge in [0.2, 0.25) is 0 Å². The van der Waals surface area contributed by atoms with Gasteiger partial charge in [0.15, 0.2) is 0 Å². The summed E-state index contributed by atoms with van der Waals surface area (Å²) < 4.78 is 0. The van der Waals surface area contributed by atoms with Crippen LogP contribution in [0.1, 0.15) is 42.4 Å². The molecule has 2 rings (SSSR count). The number of aryl methyl sites for hydroxylation is 1. The molecule has 0 bridgehead atoms. The van der Waals surface area contributed by atoms with Crippen molar-refractivity contribution in [2.24, 2.45) is 0 Å². The lowest BCUT2D eigenvalue weighted by molar-refractivity contribution is 0.315. The number of hydrogen-bond donors (Lipinski definition) is 1. The van der Waals surface area contributed by atoms with E-state index < -0.39 is 0 Å². The molecule has 1 heteroatoms. The normalized spacial score (nSPS) is 16.3. The van der Waals surface area contributed by atoms with Crippen molar-refractivity contribution in [3.8, 4) is 0 Å². The first-order valence-corrected chi connectivity index (χ1v) is 5.26. The Bertz CT molecular complexity index is 326. The molecule has 0 amide bonds. The smallest absolute Gasteiger partial charge is 0.0534 e. The van der Waals surface area contributed by atoms with E-state index in [1.807, 2.05) is 6.92 Å². The summed E-state index contributed by atoms with van der Waals surface area (Å²) in [6, 6.07) is 6.65. The van der Waals surface area contributed by atoms with Crippen molar-refractivity contribution in [1.29, 1.82) is 0 Å². The summed E-state index contributed by atoms with van der Waals surface area (Å²) in [4.78, 5) is 0. The maximum atomic E-state index is 9.09. The SMILES string of the molecule is C[C](CO)c1cc(C)cc(C2CC2)c1. The molecule has 1 aromatic carbocycles. The minimum Gasteiger partial charge on any atom is -0.395 e. The monoisotopic (exact) mass is 189 g/mol. The Morgan fingerprint density at radius 2 is 2.07 bits per heavy atom. The first-order valence-electron chi connectivity index (χ1n) is 5.26. The Hall–Kier alpha value is -0.820. The topological polar surface area (TPSA) is 20.2 Å². The summed E-state index contributed by atoms with van der Waals surface area (Å²) in [7, 11) is 0. The maximum absolute atomic E-state index is 9.09. The van der Waals surface area contributed by atoms with E-state index in [9.17, 15) is 0 Å². The third kappa shape index (κ3) is 1.98. The molecule has 1 nitrogen and oxygen atoms in total. The summed E-state index contributed by atoms with van der Waals surface area (Å²) in [5.41, 5.74) is 3.96. The van der Waals surface area contributed by atoms with Gasteiger partial charge in [-0.1, -0.05) is 30.7 Å². The first kappa shape index (κ1) is 9.72. The highest BCUT2D eigenvalue weighted by atomic mass is 16.3. The van der Waals surface area contributed by atoms with Gasteiger partial charge < -0.3 is 5.11 Å². The highest BCUT2D eigenvalue weighted by Crippen LogP contribution is 2.41. The average molecular weight is 189 g/mol. The minimum atomic E-state index is 0.160. The predicted molar refractivity (Wildman–Crippen MR) is 58.3 cm³/mol. The molecule has 0 spiro atoms. The third-order valence-electron chi connectivity index (χ3n) is 2.88. The van der Waals surface area contributed by atoms with Crippen LogP contribution >= 0.6 is 0 Å². The fourth-order valence-corrected chi connectivity index (χ4v) is 1.80. The number of benzene rings is 1. The molecule has 0 saturated heterocycles. The highest BCUT2D eigenvalue weighted by Gasteiger charge is 2.24. The Labute approximate surface area is 85.8 Å². The zero-order valence-electron chi connectivity index (χ0n) is 8.88. The Morgan fingerprint density at radius 1 is 1.36 bits per heavy atom. The van der Waals surface area contributed by atoms with Crippen molar-refractivity contribution in [1.82, 2.24) is 0 Å². The fourth-order valence-electron chi connectivity index (χ4n) is 1.80. The van der Waals surface area contributed by atoms with E-state index in [0.717, 1.165) is 11.8 Å². The summed E-state index contributed by atoms with van der Waals surface area (Å²) in [5, 5.41) is 9.09. The van der Waals surface area contributed by atoms with Gasteiger partial charge in [0.05, 0.1) is 6.61 Å². The van der Waals surface area contributed by atoms with Crippen LogP contribution in [-0.4, -0.2) is 11.7 Å². The maximum Gasteiger partial charge on any atom is 0.0534 e. The Kier molecular flexibility index (Phi) is 2.60. The summed E-state index contributed by atoms with van der Waals surface area (Å²) in [6.07, 6.45) is 2.67. The lowest BCUT2D eigenvalue weighted by Gasteiger charge is -2.11. The molecule has 1 radical (unpaired) electrons. The largest absolute Gasteiger partial charge is 0.395 e. The number of rotatable bonds is 3. The minimum absolute atomic E-state index is 0.160. The molecule has 1 aliphatic carbocycles. The van der Waals surface area contributed by atoms with Crippen LogP contribution in [0.15, 0.2) is 18.2 Å². The van der Waals surface area contributed by atoms with Gasteiger partial charge >= 0.3 is 0 Å². The molecule has 0 aromatic heterocycles. The van der Waals surface area contributed by atoms with E-state index in [2.05, 4.69) is 25.1 Å². The standard InChI is InChI=1S/C13H17O/c1-9-5-12(10(2)8-14)7-13(6-9)11-3-4-11/h5-7,11,14H,3-4,8H2,1-2H3. The van der Waals surface area contributed by atoms with Gasteiger partial charge in [-0.05, 0) is 36.8 Å². The molecular formula is C13H17O. The van der Waals surface area contributed by atoms with Gasteiger partial charge in [-0.2, -0.15) is 0 Å². The quantitative estimate of drug-likeness (QED) is 0.775. The van der Waals surface area contributed by atoms with Gasteiger partial charge in [-0.25, -0.2) is 0 Å². The second-order valence-corrected chi connectivity index (χ2v) is 4.35. The highest BCUT2D eigenvalue weighted by molar-refractivity contribution is 5.40. The van der Waals surface area contributed by atoms with Crippen LogP contribution in [0.2, 0.25) is 0 Å². The number of aliphatic hydroxyl groups excluding tert-OH is 1. The molecule has 1 fully saturated rings. The molecule has 14 heavy (non-hydrogen) atoms. The van der Waals surface area contributed by atoms with E-state index in [1.54, 1.807) is 0 Å². The zero-order valence-corrected chi connectivity index (χ0v) is 8.88. The molecule has 0 unspecified atom stereocenters. The first-order chi connectivity index (χ1) is 6.70. The number of hydrogen-bond acceptors (Lipinski definition) is 1. The zero-order chi connectivity index (χ0) is 10.1. The third-order valence-corrected chi connectivity index (χ3v) is 2.88. The van der Waals surface area contributed by atoms with Crippen LogP contribution in [-0.2, 0) is 0 Å². The van der Waals surface area contributed by atoms with Crippen molar-refractivity contribution in [3.63, 3.8) is 0 Å². The summed E-state index contributed by atoms with van der Waals surface area (Å²) in [5.74, 6) is 1.86. The molecule has 1 aromatic rings. The van der Waals surface area contributed by atoms with Crippen LogP contribution in [0.25, 0.3) is 0 Å². The van der Waals surface area contributed by atoms with E-state index in [4.69, 9.17) is 5.11 Å². The van der Waals surface area contributed by atoms with Crippen molar-refractivity contribution < 1.29 is 5.11 Å². The van der Waals surface area contributed by atoms with Gasteiger partial charge in [0.1, 0.15) is 0 Å². The van der Waals surface area contributed by atoms with E-state index in [1.165, 1.54) is 29.5 Å². The van der Waals surface area contributed by atoms with Gasteiger partial charge in [-0.3, -0.25) is 0 Å². The molecule has 0 aliphatic heterocycles. The predicted octanol–water partition coefficient (Wildman–Crippen LogP) is 2.81. The summed E-state index contributed by atoms with van der Waals surface area (Å²) >= 11 is 0. The molecule has 1 N–H and O–H groups in total. The second-order valence-electron chi connectivity index (χ2n) is 4.35. The Morgan fingerprint density at radius 3 is 2.64 bits per heavy atom. The van der Waals surface area contributed by atoms with E-state index >= 15 is 0 Å². The van der Waals surface area contributed by atoms with Crippen LogP contribution < -0.4 is 0 Å². The van der Waals surface area contributed by atoms with E-state index in [0.29, 0.717) is 0 Å². The van der Waals surface area contributed by atoms with E-state index in [-0.39, 0.29) is 6.61 Å². The lowest BCUT2D eigenvalue weighted by atomic mass is 9.96. The molecular weight excluding hydrogens is 172 g/mol. The molecule has 0 atom stereocenters. The fraction of sp³-hybridized carbons (Fsp3) is 0.462. The Balaban J connectivity index is 2.30. The van der Waals surface area contributed by atoms with Crippen LogP contribution in [0.4, 0.5) is 0 Å². The average Bonchev–Trinajstić information content (AvgIpc) is 2.98.